The Balaban J connectivity index is 0.00000288. The second-order valence-corrected chi connectivity index (χ2v) is 9.41. The number of rotatable bonds is 3. The van der Waals surface area contributed by atoms with E-state index < -0.39 is 14.6 Å². The van der Waals surface area contributed by atoms with Crippen molar-refractivity contribution >= 4 is 51.4 Å². The minimum absolute atomic E-state index is 0. The average Bonchev–Trinajstić information content (AvgIpc) is 2.48. The number of guanidine groups is 1. The van der Waals surface area contributed by atoms with Crippen molar-refractivity contribution in [3.05, 3.63) is 34.9 Å². The van der Waals surface area contributed by atoms with Crippen LogP contribution in [0.5, 0.6) is 0 Å². The molecule has 2 rings (SSSR count). The maximum Gasteiger partial charge on any atom is 0.194 e. The molecule has 1 aliphatic heterocycles. The minimum Gasteiger partial charge on any atom is -0.357 e. The number of nitrogens with one attached hydrogen (secondary N) is 1. The molecule has 0 atom stereocenters. The van der Waals surface area contributed by atoms with Gasteiger partial charge in [0.25, 0.3) is 0 Å². The highest BCUT2D eigenvalue weighted by Gasteiger charge is 2.40. The molecule has 0 bridgehead atoms. The summed E-state index contributed by atoms with van der Waals surface area (Å²) in [6.07, 6.45) is 0. The zero-order valence-corrected chi connectivity index (χ0v) is 18.2. The Labute approximate surface area is 166 Å². The molecule has 24 heavy (non-hydrogen) atoms. The maximum absolute atomic E-state index is 12.1. The fraction of sp³-hybridized carbons (Fsp3) is 0.562. The molecule has 1 aliphatic rings. The lowest BCUT2D eigenvalue weighted by atomic mass is 10.2. The van der Waals surface area contributed by atoms with Crippen LogP contribution in [0.3, 0.4) is 0 Å². The van der Waals surface area contributed by atoms with E-state index in [0.717, 1.165) is 18.1 Å². The predicted molar refractivity (Wildman–Crippen MR) is 111 cm³/mol. The number of sulfone groups is 1. The second kappa shape index (κ2) is 8.71. The summed E-state index contributed by atoms with van der Waals surface area (Å²) in [5.41, 5.74) is 0.952. The van der Waals surface area contributed by atoms with E-state index in [1.165, 1.54) is 0 Å². The van der Waals surface area contributed by atoms with Crippen LogP contribution in [0.4, 0.5) is 0 Å². The van der Waals surface area contributed by atoms with E-state index in [2.05, 4.69) is 10.3 Å². The summed E-state index contributed by atoms with van der Waals surface area (Å²) in [7, 11) is -3.06. The molecular weight excluding hydrogens is 461 g/mol. The zero-order valence-electron chi connectivity index (χ0n) is 14.3. The molecule has 0 aromatic heterocycles. The quantitative estimate of drug-likeness (QED) is 0.406. The Morgan fingerprint density at radius 1 is 1.38 bits per heavy atom. The van der Waals surface area contributed by atoms with Gasteiger partial charge in [-0.3, -0.25) is 0 Å². The largest absolute Gasteiger partial charge is 0.357 e. The van der Waals surface area contributed by atoms with E-state index in [1.54, 1.807) is 13.8 Å². The van der Waals surface area contributed by atoms with Gasteiger partial charge >= 0.3 is 0 Å². The molecule has 1 fully saturated rings. The molecule has 0 amide bonds. The molecule has 0 radical (unpaired) electrons. The van der Waals surface area contributed by atoms with Gasteiger partial charge in [0, 0.05) is 24.7 Å². The van der Waals surface area contributed by atoms with Gasteiger partial charge in [-0.2, -0.15) is 0 Å². The van der Waals surface area contributed by atoms with Gasteiger partial charge < -0.3 is 10.2 Å². The molecule has 0 unspecified atom stereocenters. The number of aliphatic imine (C=N–C) groups is 1. The predicted octanol–water partition coefficient (Wildman–Crippen LogP) is 2.93. The number of nitrogens with zero attached hydrogens (tertiary/aromatic N) is 2. The number of hydrogen-bond acceptors (Lipinski definition) is 3. The van der Waals surface area contributed by atoms with Crippen LogP contribution in [0.15, 0.2) is 29.3 Å². The Kier molecular flexibility index (Phi) is 7.80. The molecule has 1 saturated heterocycles. The highest BCUT2D eigenvalue weighted by atomic mass is 127. The van der Waals surface area contributed by atoms with E-state index in [4.69, 9.17) is 11.6 Å². The lowest BCUT2D eigenvalue weighted by Crippen LogP contribution is -2.57. The molecule has 1 N–H and O–H groups in total. The normalized spacial score (nSPS) is 19.5. The van der Waals surface area contributed by atoms with Gasteiger partial charge in [0.1, 0.15) is 0 Å². The van der Waals surface area contributed by atoms with E-state index in [1.807, 2.05) is 36.1 Å². The monoisotopic (exact) mass is 485 g/mol. The first-order valence-electron chi connectivity index (χ1n) is 7.76. The van der Waals surface area contributed by atoms with Crippen molar-refractivity contribution in [2.75, 3.05) is 25.4 Å². The average molecular weight is 486 g/mol. The van der Waals surface area contributed by atoms with Crippen LogP contribution >= 0.6 is 35.6 Å². The first kappa shape index (κ1) is 21.5. The Morgan fingerprint density at radius 3 is 2.62 bits per heavy atom. The third-order valence-corrected chi connectivity index (χ3v) is 6.94. The van der Waals surface area contributed by atoms with E-state index in [0.29, 0.717) is 24.7 Å². The molecule has 0 saturated carbocycles. The van der Waals surface area contributed by atoms with E-state index in [-0.39, 0.29) is 29.7 Å². The number of hydrogen-bond donors (Lipinski definition) is 1. The van der Waals surface area contributed by atoms with Crippen LogP contribution in [0.25, 0.3) is 0 Å². The summed E-state index contributed by atoms with van der Waals surface area (Å²) < 4.78 is 23.5. The van der Waals surface area contributed by atoms with Crippen molar-refractivity contribution in [2.45, 2.75) is 32.1 Å². The van der Waals surface area contributed by atoms with Crippen LogP contribution in [0.2, 0.25) is 5.02 Å². The highest BCUT2D eigenvalue weighted by Crippen LogP contribution is 2.24. The zero-order chi connectivity index (χ0) is 17.1. The van der Waals surface area contributed by atoms with Gasteiger partial charge in [0.2, 0.25) is 0 Å². The van der Waals surface area contributed by atoms with Crippen molar-refractivity contribution < 1.29 is 8.42 Å². The smallest absolute Gasteiger partial charge is 0.194 e. The number of benzene rings is 1. The highest BCUT2D eigenvalue weighted by molar-refractivity contribution is 14.0. The second-order valence-electron chi connectivity index (χ2n) is 6.26. The summed E-state index contributed by atoms with van der Waals surface area (Å²) in [6, 6.07) is 7.61. The summed E-state index contributed by atoms with van der Waals surface area (Å²) in [5.74, 6) is 0.881. The van der Waals surface area contributed by atoms with Crippen LogP contribution in [-0.2, 0) is 16.4 Å². The van der Waals surface area contributed by atoms with Crippen LogP contribution in [0, 0.1) is 0 Å². The van der Waals surface area contributed by atoms with Crippen molar-refractivity contribution in [1.29, 1.82) is 0 Å². The SMILES string of the molecule is CCNC(=NCc1ccccc1Cl)N1CCS(=O)(=O)C(C)(C)C1.I. The van der Waals surface area contributed by atoms with Gasteiger partial charge in [-0.1, -0.05) is 29.8 Å². The Morgan fingerprint density at radius 2 is 2.04 bits per heavy atom. The third kappa shape index (κ3) is 4.98. The lowest BCUT2D eigenvalue weighted by molar-refractivity contribution is 0.353. The first-order chi connectivity index (χ1) is 10.8. The van der Waals surface area contributed by atoms with Crippen molar-refractivity contribution in [3.63, 3.8) is 0 Å². The first-order valence-corrected chi connectivity index (χ1v) is 9.79. The Bertz CT molecular complexity index is 692. The molecule has 1 aromatic rings. The fourth-order valence-corrected chi connectivity index (χ4v) is 4.10. The molecule has 136 valence electrons. The van der Waals surface area contributed by atoms with Gasteiger partial charge in [-0.15, -0.1) is 24.0 Å². The van der Waals surface area contributed by atoms with Gasteiger partial charge in [0.15, 0.2) is 15.8 Å². The van der Waals surface area contributed by atoms with Gasteiger partial charge in [0.05, 0.1) is 17.0 Å². The van der Waals surface area contributed by atoms with Gasteiger partial charge in [-0.05, 0) is 32.4 Å². The molecule has 8 heteroatoms. The van der Waals surface area contributed by atoms with E-state index >= 15 is 0 Å². The molecule has 1 aromatic carbocycles. The summed E-state index contributed by atoms with van der Waals surface area (Å²) in [6.45, 7) is 7.62. The summed E-state index contributed by atoms with van der Waals surface area (Å²) in [4.78, 5) is 6.65. The van der Waals surface area contributed by atoms with Crippen molar-refractivity contribution in [1.82, 2.24) is 10.2 Å². The van der Waals surface area contributed by atoms with Crippen LogP contribution < -0.4 is 5.32 Å². The van der Waals surface area contributed by atoms with Crippen molar-refractivity contribution in [3.8, 4) is 0 Å². The van der Waals surface area contributed by atoms with Crippen LogP contribution in [0.1, 0.15) is 26.3 Å². The number of halogens is 2. The molecule has 0 spiro atoms. The van der Waals surface area contributed by atoms with Gasteiger partial charge in [-0.25, -0.2) is 13.4 Å². The molecular formula is C16H25ClIN3O2S. The molecule has 1 heterocycles. The third-order valence-electron chi connectivity index (χ3n) is 4.03. The van der Waals surface area contributed by atoms with Crippen LogP contribution in [-0.4, -0.2) is 49.4 Å². The van der Waals surface area contributed by atoms with E-state index in [9.17, 15) is 8.42 Å². The summed E-state index contributed by atoms with van der Waals surface area (Å²) >= 11 is 6.17. The summed E-state index contributed by atoms with van der Waals surface area (Å²) in [5, 5.41) is 3.93. The Hall–Kier alpha value is -0.540. The minimum atomic E-state index is -3.06. The van der Waals surface area contributed by atoms with Crippen molar-refractivity contribution in [2.24, 2.45) is 4.99 Å². The molecule has 5 nitrogen and oxygen atoms in total. The topological polar surface area (TPSA) is 61.8 Å². The maximum atomic E-state index is 12.1. The fourth-order valence-electron chi connectivity index (χ4n) is 2.54. The molecule has 0 aliphatic carbocycles. The standard InChI is InChI=1S/C16H24ClN3O2S.HI/c1-4-18-15(19-11-13-7-5-6-8-14(13)17)20-9-10-23(21,22)16(2,3)12-20;/h5-8H,4,9-12H2,1-3H3,(H,18,19);1H. The lowest BCUT2D eigenvalue weighted by Gasteiger charge is -2.39.